The number of nitrogens with one attached hydrogen (secondary N) is 1. The maximum absolute atomic E-state index is 11.1. The molecule has 0 radical (unpaired) electrons. The molecule has 1 amide bonds. The molecule has 16 heavy (non-hydrogen) atoms. The number of carbonyl (C=O) groups is 1. The Bertz CT molecular complexity index is 530. The molecule has 84 valence electrons. The zero-order chi connectivity index (χ0) is 11.7. The summed E-state index contributed by atoms with van der Waals surface area (Å²) in [5, 5.41) is 8.58. The van der Waals surface area contributed by atoms with Crippen LogP contribution in [-0.2, 0) is 7.05 Å². The third kappa shape index (κ3) is 2.03. The fraction of sp³-hybridized carbons (Fsp3) is 0.222. The van der Waals surface area contributed by atoms with Gasteiger partial charge in [0.15, 0.2) is 11.5 Å². The zero-order valence-electron chi connectivity index (χ0n) is 8.89. The van der Waals surface area contributed by atoms with Crippen LogP contribution in [0.5, 0.6) is 0 Å². The number of anilines is 2. The Hall–Kier alpha value is -1.89. The molecule has 0 saturated carbocycles. The smallest absolute Gasteiger partial charge is 0.270 e. The summed E-state index contributed by atoms with van der Waals surface area (Å²) >= 11 is 1.37. The van der Waals surface area contributed by atoms with Crippen LogP contribution in [0, 0.1) is 6.92 Å². The van der Waals surface area contributed by atoms with Crippen LogP contribution in [0.3, 0.4) is 0 Å². The van der Waals surface area contributed by atoms with Crippen molar-refractivity contribution in [2.24, 2.45) is 12.8 Å². The Balaban J connectivity index is 2.30. The number of hydrogen-bond acceptors (Lipinski definition) is 5. The Morgan fingerprint density at radius 3 is 2.94 bits per heavy atom. The summed E-state index contributed by atoms with van der Waals surface area (Å²) in [5.41, 5.74) is 5.48. The molecule has 0 aliphatic rings. The summed E-state index contributed by atoms with van der Waals surface area (Å²) in [6, 6.07) is 1.81. The van der Waals surface area contributed by atoms with E-state index in [0.29, 0.717) is 10.8 Å². The fourth-order valence-corrected chi connectivity index (χ4v) is 2.11. The number of carbonyl (C=O) groups excluding carboxylic acids is 1. The second-order valence-corrected chi connectivity index (χ2v) is 4.48. The van der Waals surface area contributed by atoms with Crippen LogP contribution < -0.4 is 11.1 Å². The van der Waals surface area contributed by atoms with Gasteiger partial charge in [0.25, 0.3) is 5.91 Å². The first-order valence-electron chi connectivity index (χ1n) is 4.60. The maximum atomic E-state index is 11.1. The van der Waals surface area contributed by atoms with Gasteiger partial charge in [0.2, 0.25) is 0 Å². The molecule has 2 aromatic heterocycles. The molecule has 0 saturated heterocycles. The van der Waals surface area contributed by atoms with Crippen molar-refractivity contribution in [3.8, 4) is 0 Å². The molecule has 0 unspecified atom stereocenters. The lowest BCUT2D eigenvalue weighted by molar-refractivity contribution is 0.0997. The number of aryl methyl sites for hydroxylation is 2. The second-order valence-electron chi connectivity index (χ2n) is 3.27. The Kier molecular flexibility index (Phi) is 2.61. The summed E-state index contributed by atoms with van der Waals surface area (Å²) in [6.07, 6.45) is 1.81. The first kappa shape index (κ1) is 10.6. The average molecular weight is 237 g/mol. The Morgan fingerprint density at radius 2 is 2.38 bits per heavy atom. The van der Waals surface area contributed by atoms with Crippen LogP contribution in [0.2, 0.25) is 0 Å². The van der Waals surface area contributed by atoms with Crippen LogP contribution in [-0.4, -0.2) is 20.7 Å². The minimum absolute atomic E-state index is 0.258. The van der Waals surface area contributed by atoms with Crippen LogP contribution in [0.25, 0.3) is 0 Å². The minimum atomic E-state index is -0.539. The topological polar surface area (TPSA) is 85.8 Å². The molecule has 0 fully saturated rings. The van der Waals surface area contributed by atoms with E-state index in [0.717, 1.165) is 5.01 Å². The van der Waals surface area contributed by atoms with Gasteiger partial charge in [0.1, 0.15) is 5.00 Å². The third-order valence-corrected chi connectivity index (χ3v) is 2.81. The molecule has 0 bridgehead atoms. The van der Waals surface area contributed by atoms with Crippen LogP contribution in [0.1, 0.15) is 15.5 Å². The summed E-state index contributed by atoms with van der Waals surface area (Å²) in [7, 11) is 1.82. The maximum Gasteiger partial charge on any atom is 0.270 e. The molecule has 0 aliphatic carbocycles. The highest BCUT2D eigenvalue weighted by Crippen LogP contribution is 2.26. The highest BCUT2D eigenvalue weighted by molar-refractivity contribution is 7.16. The van der Waals surface area contributed by atoms with Crippen LogP contribution in [0.15, 0.2) is 12.3 Å². The van der Waals surface area contributed by atoms with Gasteiger partial charge in [-0.15, -0.1) is 11.3 Å². The zero-order valence-corrected chi connectivity index (χ0v) is 9.71. The van der Waals surface area contributed by atoms with Gasteiger partial charge in [-0.05, 0) is 6.92 Å². The van der Waals surface area contributed by atoms with Crippen LogP contribution >= 0.6 is 11.3 Å². The van der Waals surface area contributed by atoms with Crippen molar-refractivity contribution in [2.75, 3.05) is 5.32 Å². The van der Waals surface area contributed by atoms with Crippen molar-refractivity contribution in [3.63, 3.8) is 0 Å². The molecular weight excluding hydrogens is 226 g/mol. The lowest BCUT2D eigenvalue weighted by atomic mass is 10.4. The number of primary amides is 1. The molecule has 2 heterocycles. The number of aromatic nitrogens is 3. The fourth-order valence-electron chi connectivity index (χ4n) is 1.28. The van der Waals surface area contributed by atoms with Gasteiger partial charge in [-0.1, -0.05) is 0 Å². The molecule has 0 atom stereocenters. The monoisotopic (exact) mass is 237 g/mol. The SMILES string of the molecule is Cc1nc(C(N)=O)c(Nc2ccn(C)n2)s1. The van der Waals surface area contributed by atoms with Gasteiger partial charge in [-0.25, -0.2) is 4.98 Å². The van der Waals surface area contributed by atoms with Crippen molar-refractivity contribution >= 4 is 28.1 Å². The molecule has 0 spiro atoms. The predicted molar refractivity (Wildman–Crippen MR) is 61.9 cm³/mol. The molecular formula is C9H11N5OS. The molecule has 3 N–H and O–H groups in total. The number of nitrogens with zero attached hydrogens (tertiary/aromatic N) is 3. The number of rotatable bonds is 3. The quantitative estimate of drug-likeness (QED) is 0.834. The van der Waals surface area contributed by atoms with E-state index in [2.05, 4.69) is 15.4 Å². The summed E-state index contributed by atoms with van der Waals surface area (Å²) in [4.78, 5) is 15.2. The number of hydrogen-bond donors (Lipinski definition) is 2. The van der Waals surface area contributed by atoms with Crippen molar-refractivity contribution < 1.29 is 4.79 Å². The summed E-state index contributed by atoms with van der Waals surface area (Å²) < 4.78 is 1.67. The van der Waals surface area contributed by atoms with Gasteiger partial charge < -0.3 is 11.1 Å². The van der Waals surface area contributed by atoms with Crippen LogP contribution in [0.4, 0.5) is 10.8 Å². The Morgan fingerprint density at radius 1 is 1.62 bits per heavy atom. The van der Waals surface area contributed by atoms with Gasteiger partial charge in [-0.3, -0.25) is 9.48 Å². The van der Waals surface area contributed by atoms with Crippen molar-refractivity contribution in [2.45, 2.75) is 6.92 Å². The first-order chi connectivity index (χ1) is 7.56. The average Bonchev–Trinajstić information content (AvgIpc) is 2.74. The first-order valence-corrected chi connectivity index (χ1v) is 5.42. The van der Waals surface area contributed by atoms with Crippen molar-refractivity contribution in [3.05, 3.63) is 23.0 Å². The number of thiazole rings is 1. The molecule has 0 aliphatic heterocycles. The second kappa shape index (κ2) is 3.93. The summed E-state index contributed by atoms with van der Waals surface area (Å²) in [6.45, 7) is 1.82. The number of nitrogens with two attached hydrogens (primary N) is 1. The van der Waals surface area contributed by atoms with Crippen molar-refractivity contribution in [1.29, 1.82) is 0 Å². The van der Waals surface area contributed by atoms with Crippen molar-refractivity contribution in [1.82, 2.24) is 14.8 Å². The van der Waals surface area contributed by atoms with E-state index in [-0.39, 0.29) is 5.69 Å². The predicted octanol–water partition coefficient (Wildman–Crippen LogP) is 1.03. The molecule has 7 heteroatoms. The molecule has 2 rings (SSSR count). The normalized spacial score (nSPS) is 10.4. The van der Waals surface area contributed by atoms with E-state index in [1.807, 2.05) is 14.0 Å². The van der Waals surface area contributed by atoms with Gasteiger partial charge in [0, 0.05) is 19.3 Å². The van der Waals surface area contributed by atoms with Gasteiger partial charge in [0.05, 0.1) is 5.01 Å². The van der Waals surface area contributed by atoms with E-state index in [4.69, 9.17) is 5.73 Å². The highest BCUT2D eigenvalue weighted by Gasteiger charge is 2.14. The third-order valence-electron chi connectivity index (χ3n) is 1.92. The lowest BCUT2D eigenvalue weighted by Gasteiger charge is -1.99. The lowest BCUT2D eigenvalue weighted by Crippen LogP contribution is -2.13. The largest absolute Gasteiger partial charge is 0.364 e. The molecule has 2 aromatic rings. The van der Waals surface area contributed by atoms with E-state index < -0.39 is 5.91 Å². The molecule has 6 nitrogen and oxygen atoms in total. The summed E-state index contributed by atoms with van der Waals surface area (Å²) in [5.74, 6) is 0.122. The van der Waals surface area contributed by atoms with E-state index in [1.54, 1.807) is 16.9 Å². The van der Waals surface area contributed by atoms with E-state index in [9.17, 15) is 4.79 Å². The number of amides is 1. The van der Waals surface area contributed by atoms with Gasteiger partial charge >= 0.3 is 0 Å². The molecule has 0 aromatic carbocycles. The minimum Gasteiger partial charge on any atom is -0.364 e. The van der Waals surface area contributed by atoms with Gasteiger partial charge in [-0.2, -0.15) is 5.10 Å². The standard InChI is InChI=1S/C9H11N5OS/c1-5-11-7(8(10)15)9(16-5)12-6-3-4-14(2)13-6/h3-4H,1-2H3,(H2,10,15)(H,12,13). The highest BCUT2D eigenvalue weighted by atomic mass is 32.1. The Labute approximate surface area is 96.1 Å². The van der Waals surface area contributed by atoms with E-state index >= 15 is 0 Å². The van der Waals surface area contributed by atoms with E-state index in [1.165, 1.54) is 11.3 Å².